The van der Waals surface area contributed by atoms with Crippen LogP contribution in [0, 0.1) is 0 Å². The van der Waals surface area contributed by atoms with Crippen LogP contribution in [0.2, 0.25) is 0 Å². The highest BCUT2D eigenvalue weighted by atomic mass is 31.2. The molecule has 0 aliphatic rings. The first-order chi connectivity index (χ1) is 5.55. The lowest BCUT2D eigenvalue weighted by atomic mass is 10.4. The second-order valence-corrected chi connectivity index (χ2v) is 3.39. The summed E-state index contributed by atoms with van der Waals surface area (Å²) in [6.45, 7) is 0.485. The molecule has 1 atom stereocenters. The van der Waals surface area contributed by atoms with Crippen molar-refractivity contribution in [1.82, 2.24) is 0 Å². The van der Waals surface area contributed by atoms with Crippen LogP contribution in [0.4, 0.5) is 0 Å². The van der Waals surface area contributed by atoms with Crippen LogP contribution in [-0.4, -0.2) is 41.0 Å². The summed E-state index contributed by atoms with van der Waals surface area (Å²) in [7, 11) is -4.10. The van der Waals surface area contributed by atoms with Gasteiger partial charge in [0, 0.05) is 0 Å². The van der Waals surface area contributed by atoms with E-state index < -0.39 is 27.1 Å². The monoisotopic (exact) mass is 200 g/mol. The number of hydrogen-bond donors (Lipinski definition) is 3. The summed E-state index contributed by atoms with van der Waals surface area (Å²) in [5.74, 6) is 0. The molecule has 1 unspecified atom stereocenters. The Morgan fingerprint density at radius 3 is 2.25 bits per heavy atom. The minimum atomic E-state index is -4.10. The quantitative estimate of drug-likeness (QED) is 0.500. The van der Waals surface area contributed by atoms with Gasteiger partial charge in [-0.05, 0) is 6.92 Å². The minimum Gasteiger partial charge on any atom is -0.394 e. The molecule has 3 N–H and O–H groups in total. The Bertz CT molecular complexity index is 156. The largest absolute Gasteiger partial charge is 0.472 e. The zero-order chi connectivity index (χ0) is 9.61. The van der Waals surface area contributed by atoms with Gasteiger partial charge in [0.25, 0.3) is 0 Å². The van der Waals surface area contributed by atoms with Gasteiger partial charge in [0.1, 0.15) is 6.10 Å². The van der Waals surface area contributed by atoms with Crippen LogP contribution >= 0.6 is 7.82 Å². The summed E-state index contributed by atoms with van der Waals surface area (Å²) >= 11 is 0. The lowest BCUT2D eigenvalue weighted by molar-refractivity contribution is 0.0306. The topological polar surface area (TPSA) is 96.2 Å². The van der Waals surface area contributed by atoms with Crippen LogP contribution in [0.5, 0.6) is 0 Å². The Hall–Kier alpha value is 0.0300. The van der Waals surface area contributed by atoms with Gasteiger partial charge >= 0.3 is 7.82 Å². The van der Waals surface area contributed by atoms with E-state index in [9.17, 15) is 4.57 Å². The summed E-state index contributed by atoms with van der Waals surface area (Å²) < 4.78 is 19.5. The summed E-state index contributed by atoms with van der Waals surface area (Å²) in [5.41, 5.74) is 0. The van der Waals surface area contributed by atoms with E-state index >= 15 is 0 Å². The van der Waals surface area contributed by atoms with Crippen LogP contribution in [-0.2, 0) is 13.6 Å². The standard InChI is InChI=1S/C5H13O6P/c1-2-10-12(8,9)11-5(3-6)4-7/h5-7H,2-4H2,1H3,(H,8,9). The molecule has 0 fully saturated rings. The molecular formula is C5H13O6P. The molecule has 7 heteroatoms. The summed E-state index contributed by atoms with van der Waals surface area (Å²) in [4.78, 5) is 8.84. The smallest absolute Gasteiger partial charge is 0.394 e. The van der Waals surface area contributed by atoms with E-state index in [0.717, 1.165) is 0 Å². The van der Waals surface area contributed by atoms with E-state index in [1.807, 2.05) is 0 Å². The van der Waals surface area contributed by atoms with E-state index in [0.29, 0.717) is 0 Å². The lowest BCUT2D eigenvalue weighted by Crippen LogP contribution is -2.21. The second kappa shape index (κ2) is 5.64. The fourth-order valence-corrected chi connectivity index (χ4v) is 1.40. The van der Waals surface area contributed by atoms with Crippen molar-refractivity contribution < 1.29 is 28.7 Å². The highest BCUT2D eigenvalue weighted by Crippen LogP contribution is 2.44. The number of phosphoric acid groups is 1. The first-order valence-electron chi connectivity index (χ1n) is 3.43. The molecular weight excluding hydrogens is 187 g/mol. The Labute approximate surface area is 70.4 Å². The lowest BCUT2D eigenvalue weighted by Gasteiger charge is -2.16. The first-order valence-corrected chi connectivity index (χ1v) is 4.92. The summed E-state index contributed by atoms with van der Waals surface area (Å²) in [5, 5.41) is 17.0. The average molecular weight is 200 g/mol. The van der Waals surface area contributed by atoms with Gasteiger partial charge in [-0.1, -0.05) is 0 Å². The van der Waals surface area contributed by atoms with E-state index in [1.165, 1.54) is 6.92 Å². The van der Waals surface area contributed by atoms with E-state index in [2.05, 4.69) is 9.05 Å². The van der Waals surface area contributed by atoms with Crippen molar-refractivity contribution in [2.45, 2.75) is 13.0 Å². The zero-order valence-corrected chi connectivity index (χ0v) is 7.61. The minimum absolute atomic E-state index is 0.0252. The van der Waals surface area contributed by atoms with E-state index in [1.54, 1.807) is 0 Å². The van der Waals surface area contributed by atoms with Gasteiger partial charge in [0.2, 0.25) is 0 Å². The number of phosphoric ester groups is 1. The predicted molar refractivity (Wildman–Crippen MR) is 40.5 cm³/mol. The van der Waals surface area contributed by atoms with Crippen LogP contribution in [0.15, 0.2) is 0 Å². The molecule has 0 saturated carbocycles. The van der Waals surface area contributed by atoms with E-state index in [4.69, 9.17) is 15.1 Å². The predicted octanol–water partition coefficient (Wildman–Crippen LogP) is -0.507. The molecule has 0 heterocycles. The van der Waals surface area contributed by atoms with Crippen LogP contribution in [0.1, 0.15) is 6.92 Å². The second-order valence-electron chi connectivity index (χ2n) is 1.98. The van der Waals surface area contributed by atoms with Gasteiger partial charge in [-0.3, -0.25) is 9.05 Å². The van der Waals surface area contributed by atoms with Crippen LogP contribution in [0.3, 0.4) is 0 Å². The van der Waals surface area contributed by atoms with E-state index in [-0.39, 0.29) is 6.61 Å². The average Bonchev–Trinajstić information content (AvgIpc) is 2.00. The van der Waals surface area contributed by atoms with Crippen LogP contribution in [0.25, 0.3) is 0 Å². The van der Waals surface area contributed by atoms with Gasteiger partial charge < -0.3 is 15.1 Å². The molecule has 12 heavy (non-hydrogen) atoms. The number of aliphatic hydroxyl groups excluding tert-OH is 2. The van der Waals surface area contributed by atoms with Gasteiger partial charge in [-0.25, -0.2) is 4.57 Å². The Morgan fingerprint density at radius 1 is 1.42 bits per heavy atom. The zero-order valence-electron chi connectivity index (χ0n) is 6.71. The maximum Gasteiger partial charge on any atom is 0.472 e. The van der Waals surface area contributed by atoms with Gasteiger partial charge in [0.05, 0.1) is 19.8 Å². The summed E-state index contributed by atoms with van der Waals surface area (Å²) in [6.07, 6.45) is -1.08. The molecule has 0 aromatic carbocycles. The third-order valence-electron chi connectivity index (χ3n) is 0.982. The molecule has 0 aliphatic carbocycles. The molecule has 6 nitrogen and oxygen atoms in total. The Morgan fingerprint density at radius 2 is 1.92 bits per heavy atom. The Balaban J connectivity index is 3.94. The van der Waals surface area contributed by atoms with Crippen molar-refractivity contribution in [3.8, 4) is 0 Å². The van der Waals surface area contributed by atoms with Crippen molar-refractivity contribution in [2.24, 2.45) is 0 Å². The third-order valence-corrected chi connectivity index (χ3v) is 2.13. The van der Waals surface area contributed by atoms with Crippen molar-refractivity contribution >= 4 is 7.82 Å². The number of hydrogen-bond acceptors (Lipinski definition) is 5. The molecule has 0 saturated heterocycles. The van der Waals surface area contributed by atoms with Crippen molar-refractivity contribution in [3.63, 3.8) is 0 Å². The number of rotatable bonds is 6. The molecule has 0 rings (SSSR count). The van der Waals surface area contributed by atoms with Gasteiger partial charge in [0.15, 0.2) is 0 Å². The SMILES string of the molecule is CCOP(=O)(O)OC(CO)CO. The highest BCUT2D eigenvalue weighted by molar-refractivity contribution is 7.47. The van der Waals surface area contributed by atoms with Crippen molar-refractivity contribution in [2.75, 3.05) is 19.8 Å². The molecule has 74 valence electrons. The Kier molecular flexibility index (Phi) is 5.65. The molecule has 0 aromatic rings. The molecule has 0 radical (unpaired) electrons. The van der Waals surface area contributed by atoms with Crippen molar-refractivity contribution in [1.29, 1.82) is 0 Å². The maximum absolute atomic E-state index is 10.8. The maximum atomic E-state index is 10.8. The highest BCUT2D eigenvalue weighted by Gasteiger charge is 2.24. The van der Waals surface area contributed by atoms with Gasteiger partial charge in [-0.15, -0.1) is 0 Å². The summed E-state index contributed by atoms with van der Waals surface area (Å²) in [6, 6.07) is 0. The molecule has 0 aromatic heterocycles. The first kappa shape index (κ1) is 12.0. The molecule has 0 amide bonds. The fourth-order valence-electron chi connectivity index (χ4n) is 0.506. The molecule has 0 bridgehead atoms. The van der Waals surface area contributed by atoms with Gasteiger partial charge in [-0.2, -0.15) is 0 Å². The normalized spacial score (nSPS) is 16.4. The third kappa shape index (κ3) is 4.82. The molecule has 0 aliphatic heterocycles. The van der Waals surface area contributed by atoms with Crippen molar-refractivity contribution in [3.05, 3.63) is 0 Å². The number of aliphatic hydroxyl groups is 2. The fraction of sp³-hybridized carbons (Fsp3) is 1.00. The molecule has 0 spiro atoms. The van der Waals surface area contributed by atoms with Crippen LogP contribution < -0.4 is 0 Å².